The zero-order valence-corrected chi connectivity index (χ0v) is 9.26. The summed E-state index contributed by atoms with van der Waals surface area (Å²) in [6, 6.07) is 10.1. The van der Waals surface area contributed by atoms with Crippen molar-refractivity contribution in [3.63, 3.8) is 0 Å². The molecule has 0 fully saturated rings. The lowest BCUT2D eigenvalue weighted by atomic mass is 9.96. The molecule has 0 bridgehead atoms. The number of benzene rings is 1. The molecule has 2 nitrogen and oxygen atoms in total. The van der Waals surface area contributed by atoms with Gasteiger partial charge in [-0.3, -0.25) is 4.79 Å². The van der Waals surface area contributed by atoms with Crippen LogP contribution in [-0.2, 0) is 16.1 Å². The first kappa shape index (κ1) is 11.1. The van der Waals surface area contributed by atoms with Crippen LogP contribution in [0.3, 0.4) is 0 Å². The lowest BCUT2D eigenvalue weighted by molar-refractivity contribution is -0.115. The van der Waals surface area contributed by atoms with E-state index in [0.29, 0.717) is 25.6 Å². The molecular weight excluding hydrogens is 200 g/mol. The van der Waals surface area contributed by atoms with Gasteiger partial charge in [0.05, 0.1) is 13.2 Å². The molecule has 1 aromatic rings. The molecule has 0 saturated carbocycles. The van der Waals surface area contributed by atoms with E-state index in [1.165, 1.54) is 5.56 Å². The second kappa shape index (κ2) is 5.61. The van der Waals surface area contributed by atoms with Gasteiger partial charge in [0.2, 0.25) is 0 Å². The van der Waals surface area contributed by atoms with Crippen LogP contribution < -0.4 is 0 Å². The standard InChI is InChI=1S/C14H16O2/c15-14-8-6-13(7-9-14)11-16-10-12-4-2-1-3-5-12/h1-6,8,13H,7,9-11H2. The Bertz CT molecular complexity index is 368. The van der Waals surface area contributed by atoms with Crippen LogP contribution in [0, 0.1) is 5.92 Å². The second-order valence-electron chi connectivity index (χ2n) is 4.12. The van der Waals surface area contributed by atoms with Crippen LogP contribution in [0.25, 0.3) is 0 Å². The van der Waals surface area contributed by atoms with Gasteiger partial charge < -0.3 is 4.74 Å². The lowest BCUT2D eigenvalue weighted by Gasteiger charge is -2.15. The summed E-state index contributed by atoms with van der Waals surface area (Å²) in [4.78, 5) is 11.0. The van der Waals surface area contributed by atoms with Crippen LogP contribution in [0.2, 0.25) is 0 Å². The smallest absolute Gasteiger partial charge is 0.155 e. The summed E-state index contributed by atoms with van der Waals surface area (Å²) >= 11 is 0. The Kier molecular flexibility index (Phi) is 3.89. The highest BCUT2D eigenvalue weighted by molar-refractivity contribution is 5.90. The summed E-state index contributed by atoms with van der Waals surface area (Å²) in [5, 5.41) is 0. The molecular formula is C14H16O2. The van der Waals surface area contributed by atoms with E-state index in [1.807, 2.05) is 24.3 Å². The molecule has 0 saturated heterocycles. The van der Waals surface area contributed by atoms with Gasteiger partial charge in [-0.15, -0.1) is 0 Å². The maximum atomic E-state index is 11.0. The van der Waals surface area contributed by atoms with Gasteiger partial charge in [0, 0.05) is 12.3 Å². The van der Waals surface area contributed by atoms with Crippen molar-refractivity contribution in [3.8, 4) is 0 Å². The molecule has 1 aromatic carbocycles. The number of carbonyl (C=O) groups is 1. The first-order valence-corrected chi connectivity index (χ1v) is 5.67. The van der Waals surface area contributed by atoms with Gasteiger partial charge in [-0.25, -0.2) is 0 Å². The number of hydrogen-bond donors (Lipinski definition) is 0. The van der Waals surface area contributed by atoms with Crippen LogP contribution in [0.1, 0.15) is 18.4 Å². The summed E-state index contributed by atoms with van der Waals surface area (Å²) in [6.07, 6.45) is 5.23. The molecule has 1 atom stereocenters. The molecule has 0 amide bonds. The van der Waals surface area contributed by atoms with Crippen LogP contribution in [0.4, 0.5) is 0 Å². The van der Waals surface area contributed by atoms with Gasteiger partial charge in [0.15, 0.2) is 5.78 Å². The minimum atomic E-state index is 0.235. The summed E-state index contributed by atoms with van der Waals surface area (Å²) in [7, 11) is 0. The summed E-state index contributed by atoms with van der Waals surface area (Å²) in [6.45, 7) is 1.36. The average Bonchev–Trinajstić information content (AvgIpc) is 2.33. The van der Waals surface area contributed by atoms with Gasteiger partial charge in [-0.05, 0) is 18.1 Å². The second-order valence-corrected chi connectivity index (χ2v) is 4.12. The molecule has 0 spiro atoms. The molecule has 1 aliphatic rings. The number of allylic oxidation sites excluding steroid dienone is 1. The Labute approximate surface area is 95.9 Å². The molecule has 0 N–H and O–H groups in total. The van der Waals surface area contributed by atoms with Gasteiger partial charge in [0.25, 0.3) is 0 Å². The van der Waals surface area contributed by atoms with Gasteiger partial charge >= 0.3 is 0 Å². The Balaban J connectivity index is 1.73. The zero-order valence-electron chi connectivity index (χ0n) is 9.26. The van der Waals surface area contributed by atoms with E-state index in [1.54, 1.807) is 6.08 Å². The summed E-state index contributed by atoms with van der Waals surface area (Å²) in [5.41, 5.74) is 1.19. The fourth-order valence-electron chi connectivity index (χ4n) is 1.79. The van der Waals surface area contributed by atoms with E-state index in [4.69, 9.17) is 4.74 Å². The fraction of sp³-hybridized carbons (Fsp3) is 0.357. The third-order valence-electron chi connectivity index (χ3n) is 2.76. The van der Waals surface area contributed by atoms with Crippen molar-refractivity contribution in [1.82, 2.24) is 0 Å². The SMILES string of the molecule is O=C1C=CC(COCc2ccccc2)CC1. The molecule has 16 heavy (non-hydrogen) atoms. The van der Waals surface area contributed by atoms with Crippen molar-refractivity contribution in [3.05, 3.63) is 48.0 Å². The van der Waals surface area contributed by atoms with E-state index >= 15 is 0 Å². The van der Waals surface area contributed by atoms with Crippen molar-refractivity contribution in [2.24, 2.45) is 5.92 Å². The highest BCUT2D eigenvalue weighted by Gasteiger charge is 2.12. The minimum Gasteiger partial charge on any atom is -0.376 e. The van der Waals surface area contributed by atoms with E-state index in [0.717, 1.165) is 6.42 Å². The Morgan fingerprint density at radius 2 is 2.06 bits per heavy atom. The first-order valence-electron chi connectivity index (χ1n) is 5.67. The predicted octanol–water partition coefficient (Wildman–Crippen LogP) is 2.74. The van der Waals surface area contributed by atoms with E-state index in [9.17, 15) is 4.79 Å². The van der Waals surface area contributed by atoms with E-state index in [2.05, 4.69) is 12.1 Å². The van der Waals surface area contributed by atoms with E-state index < -0.39 is 0 Å². The van der Waals surface area contributed by atoms with Crippen LogP contribution in [0.15, 0.2) is 42.5 Å². The van der Waals surface area contributed by atoms with Crippen molar-refractivity contribution in [1.29, 1.82) is 0 Å². The van der Waals surface area contributed by atoms with Crippen molar-refractivity contribution >= 4 is 5.78 Å². The minimum absolute atomic E-state index is 0.235. The molecule has 1 unspecified atom stereocenters. The predicted molar refractivity (Wildman–Crippen MR) is 63.0 cm³/mol. The molecule has 84 valence electrons. The number of ketones is 1. The molecule has 0 aliphatic heterocycles. The van der Waals surface area contributed by atoms with Gasteiger partial charge in [0.1, 0.15) is 0 Å². The van der Waals surface area contributed by atoms with Crippen LogP contribution in [-0.4, -0.2) is 12.4 Å². The third-order valence-corrected chi connectivity index (χ3v) is 2.76. The van der Waals surface area contributed by atoms with Gasteiger partial charge in [-0.1, -0.05) is 36.4 Å². The normalized spacial score (nSPS) is 20.0. The third kappa shape index (κ3) is 3.31. The lowest BCUT2D eigenvalue weighted by Crippen LogP contribution is -2.13. The number of rotatable bonds is 4. The fourth-order valence-corrected chi connectivity index (χ4v) is 1.79. The quantitative estimate of drug-likeness (QED) is 0.773. The van der Waals surface area contributed by atoms with Crippen molar-refractivity contribution < 1.29 is 9.53 Å². The Morgan fingerprint density at radius 1 is 1.25 bits per heavy atom. The highest BCUT2D eigenvalue weighted by Crippen LogP contribution is 2.15. The van der Waals surface area contributed by atoms with Crippen LogP contribution >= 0.6 is 0 Å². The summed E-state index contributed by atoms with van der Waals surface area (Å²) < 4.78 is 5.63. The molecule has 2 rings (SSSR count). The topological polar surface area (TPSA) is 26.3 Å². The Hall–Kier alpha value is -1.41. The zero-order chi connectivity index (χ0) is 11.2. The van der Waals surface area contributed by atoms with E-state index in [-0.39, 0.29) is 5.78 Å². The van der Waals surface area contributed by atoms with Gasteiger partial charge in [-0.2, -0.15) is 0 Å². The van der Waals surface area contributed by atoms with Crippen LogP contribution in [0.5, 0.6) is 0 Å². The average molecular weight is 216 g/mol. The first-order chi connectivity index (χ1) is 7.84. The monoisotopic (exact) mass is 216 g/mol. The molecule has 0 aromatic heterocycles. The molecule has 0 radical (unpaired) electrons. The number of ether oxygens (including phenoxy) is 1. The Morgan fingerprint density at radius 3 is 2.75 bits per heavy atom. The molecule has 0 heterocycles. The summed E-state index contributed by atoms with van der Waals surface area (Å²) in [5.74, 6) is 0.640. The maximum absolute atomic E-state index is 11.0. The largest absolute Gasteiger partial charge is 0.376 e. The highest BCUT2D eigenvalue weighted by atomic mass is 16.5. The molecule has 2 heteroatoms. The maximum Gasteiger partial charge on any atom is 0.155 e. The number of carbonyl (C=O) groups excluding carboxylic acids is 1. The molecule has 1 aliphatic carbocycles. The van der Waals surface area contributed by atoms with Crippen molar-refractivity contribution in [2.75, 3.05) is 6.61 Å². The number of hydrogen-bond acceptors (Lipinski definition) is 2. The van der Waals surface area contributed by atoms with Crippen molar-refractivity contribution in [2.45, 2.75) is 19.4 Å².